The Morgan fingerprint density at radius 1 is 0.969 bits per heavy atom. The van der Waals surface area contributed by atoms with E-state index >= 15 is 0 Å². The second-order valence-corrected chi connectivity index (χ2v) is 8.30. The lowest BCUT2D eigenvalue weighted by Gasteiger charge is -2.08. The van der Waals surface area contributed by atoms with Gasteiger partial charge < -0.3 is 9.30 Å². The minimum Gasteiger partial charge on any atom is -0.378 e. The summed E-state index contributed by atoms with van der Waals surface area (Å²) in [4.78, 5) is 17.8. The molecule has 5 aromatic rings. The standard InChI is InChI=1S/C24H18Cl2N4O2/c1-32-14-20-22(16-4-8-18(26)9-5-16)23-27-12-19-21(30(23)28-20)10-11-29(24(19)31)13-15-2-6-17(25)7-3-15/h2-12H,13-14H2,1H3. The van der Waals surface area contributed by atoms with Gasteiger partial charge in [0.25, 0.3) is 5.56 Å². The van der Waals surface area contributed by atoms with Crippen molar-refractivity contribution in [3.05, 3.63) is 98.6 Å². The van der Waals surface area contributed by atoms with Gasteiger partial charge in [-0.25, -0.2) is 9.50 Å². The van der Waals surface area contributed by atoms with Crippen molar-refractivity contribution < 1.29 is 4.74 Å². The Morgan fingerprint density at radius 3 is 2.34 bits per heavy atom. The van der Waals surface area contributed by atoms with Crippen LogP contribution in [0.1, 0.15) is 11.3 Å². The van der Waals surface area contributed by atoms with E-state index in [0.717, 1.165) is 22.4 Å². The average molecular weight is 465 g/mol. The van der Waals surface area contributed by atoms with E-state index in [4.69, 9.17) is 33.0 Å². The molecule has 0 spiro atoms. The van der Waals surface area contributed by atoms with Gasteiger partial charge in [0.15, 0.2) is 5.65 Å². The van der Waals surface area contributed by atoms with Crippen molar-refractivity contribution in [2.45, 2.75) is 13.2 Å². The molecule has 32 heavy (non-hydrogen) atoms. The number of hydrogen-bond acceptors (Lipinski definition) is 4. The Bertz CT molecular complexity index is 1490. The number of nitrogens with zero attached hydrogens (tertiary/aromatic N) is 4. The van der Waals surface area contributed by atoms with Crippen molar-refractivity contribution in [3.8, 4) is 11.1 Å². The second kappa shape index (κ2) is 8.39. The number of aromatic nitrogens is 4. The predicted octanol–water partition coefficient (Wildman–Crippen LogP) is 5.21. The number of ether oxygens (including phenoxy) is 1. The summed E-state index contributed by atoms with van der Waals surface area (Å²) in [6.07, 6.45) is 3.39. The Hall–Kier alpha value is -3.19. The Morgan fingerprint density at radius 2 is 1.66 bits per heavy atom. The van der Waals surface area contributed by atoms with E-state index in [1.54, 1.807) is 28.6 Å². The zero-order valence-electron chi connectivity index (χ0n) is 17.1. The van der Waals surface area contributed by atoms with Crippen LogP contribution in [0.3, 0.4) is 0 Å². The molecule has 0 aliphatic carbocycles. The number of benzene rings is 2. The summed E-state index contributed by atoms with van der Waals surface area (Å²) >= 11 is 12.0. The number of methoxy groups -OCH3 is 1. The molecule has 3 aromatic heterocycles. The number of halogens is 2. The maximum Gasteiger partial charge on any atom is 0.261 e. The van der Waals surface area contributed by atoms with Crippen LogP contribution in [0.15, 0.2) is 71.8 Å². The fourth-order valence-corrected chi connectivity index (χ4v) is 4.07. The molecular weight excluding hydrogens is 447 g/mol. The molecule has 160 valence electrons. The van der Waals surface area contributed by atoms with Gasteiger partial charge in [-0.3, -0.25) is 4.79 Å². The lowest BCUT2D eigenvalue weighted by Crippen LogP contribution is -2.21. The highest BCUT2D eigenvalue weighted by molar-refractivity contribution is 6.30. The molecule has 8 heteroatoms. The Labute approximate surface area is 193 Å². The van der Waals surface area contributed by atoms with Crippen molar-refractivity contribution in [1.82, 2.24) is 19.2 Å². The third kappa shape index (κ3) is 3.66. The highest BCUT2D eigenvalue weighted by atomic mass is 35.5. The third-order valence-electron chi connectivity index (χ3n) is 5.34. The molecule has 0 unspecified atom stereocenters. The van der Waals surface area contributed by atoms with Crippen LogP contribution in [0.4, 0.5) is 0 Å². The first kappa shape index (κ1) is 20.7. The molecular formula is C24H18Cl2N4O2. The van der Waals surface area contributed by atoms with Gasteiger partial charge in [-0.05, 0) is 41.5 Å². The molecule has 0 N–H and O–H groups in total. The van der Waals surface area contributed by atoms with E-state index in [9.17, 15) is 4.79 Å². The first-order chi connectivity index (χ1) is 15.5. The van der Waals surface area contributed by atoms with Gasteiger partial charge in [-0.15, -0.1) is 0 Å². The van der Waals surface area contributed by atoms with E-state index in [2.05, 4.69) is 4.98 Å². The van der Waals surface area contributed by atoms with Crippen LogP contribution >= 0.6 is 23.2 Å². The van der Waals surface area contributed by atoms with Crippen LogP contribution in [0.2, 0.25) is 10.0 Å². The summed E-state index contributed by atoms with van der Waals surface area (Å²) in [7, 11) is 1.62. The maximum absolute atomic E-state index is 13.2. The third-order valence-corrected chi connectivity index (χ3v) is 5.84. The number of rotatable bonds is 5. The molecule has 0 fully saturated rings. The van der Waals surface area contributed by atoms with Crippen LogP contribution < -0.4 is 5.56 Å². The normalized spacial score (nSPS) is 11.5. The minimum absolute atomic E-state index is 0.135. The molecule has 2 aromatic carbocycles. The maximum atomic E-state index is 13.2. The van der Waals surface area contributed by atoms with Crippen molar-refractivity contribution in [1.29, 1.82) is 0 Å². The Balaban J connectivity index is 1.67. The number of pyridine rings is 1. The molecule has 0 amide bonds. The average Bonchev–Trinajstić information content (AvgIpc) is 3.16. The zero-order valence-corrected chi connectivity index (χ0v) is 18.6. The van der Waals surface area contributed by atoms with Crippen LogP contribution in [-0.2, 0) is 17.9 Å². The van der Waals surface area contributed by atoms with E-state index in [1.807, 2.05) is 54.6 Å². The summed E-state index contributed by atoms with van der Waals surface area (Å²) in [5.41, 5.74) is 4.71. The van der Waals surface area contributed by atoms with Gasteiger partial charge in [-0.2, -0.15) is 5.10 Å². The summed E-state index contributed by atoms with van der Waals surface area (Å²) in [5.74, 6) is 0. The highest BCUT2D eigenvalue weighted by Gasteiger charge is 2.18. The second-order valence-electron chi connectivity index (χ2n) is 7.43. The lowest BCUT2D eigenvalue weighted by molar-refractivity contribution is 0.181. The predicted molar refractivity (Wildman–Crippen MR) is 126 cm³/mol. The van der Waals surface area contributed by atoms with Crippen molar-refractivity contribution in [3.63, 3.8) is 0 Å². The highest BCUT2D eigenvalue weighted by Crippen LogP contribution is 2.30. The molecule has 0 atom stereocenters. The van der Waals surface area contributed by atoms with Gasteiger partial charge in [-0.1, -0.05) is 47.5 Å². The molecule has 5 rings (SSSR count). The quantitative estimate of drug-likeness (QED) is 0.358. The van der Waals surface area contributed by atoms with Gasteiger partial charge in [0, 0.05) is 29.5 Å². The van der Waals surface area contributed by atoms with Crippen molar-refractivity contribution in [2.24, 2.45) is 0 Å². The van der Waals surface area contributed by atoms with Gasteiger partial charge in [0.05, 0.1) is 35.3 Å². The molecule has 0 aliphatic heterocycles. The van der Waals surface area contributed by atoms with E-state index in [1.165, 1.54) is 0 Å². The first-order valence-corrected chi connectivity index (χ1v) is 10.7. The van der Waals surface area contributed by atoms with Crippen LogP contribution in [-0.4, -0.2) is 26.3 Å². The summed E-state index contributed by atoms with van der Waals surface area (Å²) < 4.78 is 8.73. The van der Waals surface area contributed by atoms with Crippen molar-refractivity contribution >= 4 is 39.8 Å². The topological polar surface area (TPSA) is 61.4 Å². The monoisotopic (exact) mass is 464 g/mol. The summed E-state index contributed by atoms with van der Waals surface area (Å²) in [5, 5.41) is 6.53. The molecule has 0 saturated carbocycles. The van der Waals surface area contributed by atoms with Crippen LogP contribution in [0, 0.1) is 0 Å². The van der Waals surface area contributed by atoms with Crippen molar-refractivity contribution in [2.75, 3.05) is 7.11 Å². The van der Waals surface area contributed by atoms with Gasteiger partial charge >= 0.3 is 0 Å². The SMILES string of the molecule is COCc1nn2c(ncc3c(=O)n(Cc4ccc(Cl)cc4)ccc32)c1-c1ccc(Cl)cc1. The lowest BCUT2D eigenvalue weighted by atomic mass is 10.1. The van der Waals surface area contributed by atoms with Crippen LogP contribution in [0.25, 0.3) is 27.7 Å². The molecule has 0 aliphatic rings. The summed E-state index contributed by atoms with van der Waals surface area (Å²) in [6.45, 7) is 0.754. The first-order valence-electron chi connectivity index (χ1n) is 9.94. The van der Waals surface area contributed by atoms with E-state index in [0.29, 0.717) is 39.7 Å². The molecule has 6 nitrogen and oxygen atoms in total. The van der Waals surface area contributed by atoms with E-state index < -0.39 is 0 Å². The fraction of sp³-hybridized carbons (Fsp3) is 0.125. The summed E-state index contributed by atoms with van der Waals surface area (Å²) in [6, 6.07) is 16.8. The largest absolute Gasteiger partial charge is 0.378 e. The van der Waals surface area contributed by atoms with Gasteiger partial charge in [0.2, 0.25) is 0 Å². The molecule has 3 heterocycles. The smallest absolute Gasteiger partial charge is 0.261 e. The zero-order chi connectivity index (χ0) is 22.2. The number of fused-ring (bicyclic) bond motifs is 3. The molecule has 0 bridgehead atoms. The van der Waals surface area contributed by atoms with Gasteiger partial charge in [0.1, 0.15) is 0 Å². The fourth-order valence-electron chi connectivity index (χ4n) is 3.82. The number of hydrogen-bond donors (Lipinski definition) is 0. The van der Waals surface area contributed by atoms with Crippen LogP contribution in [0.5, 0.6) is 0 Å². The van der Waals surface area contributed by atoms with E-state index in [-0.39, 0.29) is 5.56 Å². The molecule has 0 saturated heterocycles. The Kier molecular flexibility index (Phi) is 5.43. The minimum atomic E-state index is -0.135. The molecule has 0 radical (unpaired) electrons.